The highest BCUT2D eigenvalue weighted by Crippen LogP contribution is 2.34. The van der Waals surface area contributed by atoms with Crippen molar-refractivity contribution in [3.8, 4) is 0 Å². The van der Waals surface area contributed by atoms with Crippen molar-refractivity contribution in [1.82, 2.24) is 9.97 Å². The fourth-order valence-corrected chi connectivity index (χ4v) is 2.60. The summed E-state index contributed by atoms with van der Waals surface area (Å²) in [6.45, 7) is 10.3. The smallest absolute Gasteiger partial charge is 0.356 e. The maximum Gasteiger partial charge on any atom is 0.356 e. The average Bonchev–Trinajstić information content (AvgIpc) is 2.88. The van der Waals surface area contributed by atoms with E-state index < -0.39 is 17.0 Å². The van der Waals surface area contributed by atoms with Gasteiger partial charge in [-0.1, -0.05) is 0 Å². The molecule has 0 saturated carbocycles. The summed E-state index contributed by atoms with van der Waals surface area (Å²) in [7, 11) is 1.31. The second kappa shape index (κ2) is 6.37. The first-order valence-corrected chi connectivity index (χ1v) is 7.96. The number of aromatic nitrogens is 2. The SMILES string of the molecule is COC(=O)c1cc(C)nc(N2CCC(C)(C(=O)OC(C)(C)C)C2)n1. The maximum absolute atomic E-state index is 12.5. The van der Waals surface area contributed by atoms with Crippen molar-refractivity contribution in [2.75, 3.05) is 25.1 Å². The molecule has 1 aromatic heterocycles. The van der Waals surface area contributed by atoms with Crippen LogP contribution in [0.5, 0.6) is 0 Å². The van der Waals surface area contributed by atoms with E-state index in [1.54, 1.807) is 13.0 Å². The van der Waals surface area contributed by atoms with Crippen molar-refractivity contribution < 1.29 is 19.1 Å². The third-order valence-electron chi connectivity index (χ3n) is 3.88. The van der Waals surface area contributed by atoms with Crippen LogP contribution < -0.4 is 4.90 Å². The fraction of sp³-hybridized carbons (Fsp3) is 0.647. The molecule has 0 bridgehead atoms. The zero-order valence-corrected chi connectivity index (χ0v) is 15.2. The molecule has 1 aliphatic heterocycles. The molecule has 0 aliphatic carbocycles. The van der Waals surface area contributed by atoms with Crippen molar-refractivity contribution >= 4 is 17.9 Å². The zero-order valence-electron chi connectivity index (χ0n) is 15.2. The summed E-state index contributed by atoms with van der Waals surface area (Å²) < 4.78 is 10.3. The molecule has 7 heteroatoms. The highest BCUT2D eigenvalue weighted by Gasteiger charge is 2.44. The minimum Gasteiger partial charge on any atom is -0.464 e. The van der Waals surface area contributed by atoms with Crippen LogP contribution in [0.25, 0.3) is 0 Å². The molecule has 1 saturated heterocycles. The lowest BCUT2D eigenvalue weighted by atomic mass is 9.90. The highest BCUT2D eigenvalue weighted by molar-refractivity contribution is 5.87. The lowest BCUT2D eigenvalue weighted by molar-refractivity contribution is -0.165. The van der Waals surface area contributed by atoms with Gasteiger partial charge in [-0.05, 0) is 47.1 Å². The molecule has 1 aromatic rings. The first-order chi connectivity index (χ1) is 11.0. The van der Waals surface area contributed by atoms with Crippen LogP contribution in [0.4, 0.5) is 5.95 Å². The molecule has 24 heavy (non-hydrogen) atoms. The van der Waals surface area contributed by atoms with Crippen molar-refractivity contribution in [1.29, 1.82) is 0 Å². The Labute approximate surface area is 142 Å². The number of methoxy groups -OCH3 is 1. The lowest BCUT2D eigenvalue weighted by Crippen LogP contribution is -2.38. The topological polar surface area (TPSA) is 81.6 Å². The van der Waals surface area contributed by atoms with Gasteiger partial charge in [0.25, 0.3) is 0 Å². The first-order valence-electron chi connectivity index (χ1n) is 7.96. The van der Waals surface area contributed by atoms with Crippen LogP contribution in [0.15, 0.2) is 6.07 Å². The first kappa shape index (κ1) is 18.2. The third-order valence-corrected chi connectivity index (χ3v) is 3.88. The summed E-state index contributed by atoms with van der Waals surface area (Å²) in [6.07, 6.45) is 0.646. The van der Waals surface area contributed by atoms with Gasteiger partial charge >= 0.3 is 11.9 Å². The molecule has 2 heterocycles. The molecule has 1 aliphatic rings. The Hall–Kier alpha value is -2.18. The minimum atomic E-state index is -0.619. The number of aryl methyl sites for hydroxylation is 1. The van der Waals surface area contributed by atoms with Crippen molar-refractivity contribution in [2.45, 2.75) is 46.6 Å². The van der Waals surface area contributed by atoms with E-state index in [-0.39, 0.29) is 11.7 Å². The molecule has 132 valence electrons. The Balaban J connectivity index is 2.20. The number of carbonyl (C=O) groups excluding carboxylic acids is 2. The molecule has 0 N–H and O–H groups in total. The summed E-state index contributed by atoms with van der Waals surface area (Å²) in [5, 5.41) is 0. The number of hydrogen-bond acceptors (Lipinski definition) is 7. The van der Waals surface area contributed by atoms with Gasteiger partial charge in [0, 0.05) is 18.8 Å². The van der Waals surface area contributed by atoms with Gasteiger partial charge in [0.05, 0.1) is 12.5 Å². The van der Waals surface area contributed by atoms with Gasteiger partial charge in [0.15, 0.2) is 5.69 Å². The molecule has 1 unspecified atom stereocenters. The van der Waals surface area contributed by atoms with E-state index >= 15 is 0 Å². The van der Waals surface area contributed by atoms with E-state index in [2.05, 4.69) is 9.97 Å². The number of rotatable bonds is 3. The molecule has 0 radical (unpaired) electrons. The molecular formula is C17H25N3O4. The summed E-state index contributed by atoms with van der Waals surface area (Å²) in [4.78, 5) is 34.8. The Bertz CT molecular complexity index is 654. The Morgan fingerprint density at radius 2 is 1.96 bits per heavy atom. The summed E-state index contributed by atoms with van der Waals surface area (Å²) in [6, 6.07) is 1.58. The molecule has 2 rings (SSSR count). The second-order valence-corrected chi connectivity index (χ2v) is 7.42. The van der Waals surface area contributed by atoms with E-state index in [9.17, 15) is 9.59 Å². The van der Waals surface area contributed by atoms with Crippen LogP contribution in [0.3, 0.4) is 0 Å². The Morgan fingerprint density at radius 3 is 2.54 bits per heavy atom. The maximum atomic E-state index is 12.5. The molecule has 0 spiro atoms. The molecule has 0 amide bonds. The van der Waals surface area contributed by atoms with Crippen LogP contribution in [-0.4, -0.2) is 47.7 Å². The second-order valence-electron chi connectivity index (χ2n) is 7.42. The Kier molecular flexibility index (Phi) is 4.82. The predicted octanol–water partition coefficient (Wildman–Crippen LogP) is 2.13. The van der Waals surface area contributed by atoms with E-state index in [0.717, 1.165) is 0 Å². The molecule has 0 aromatic carbocycles. The van der Waals surface area contributed by atoms with E-state index in [4.69, 9.17) is 9.47 Å². The molecular weight excluding hydrogens is 310 g/mol. The van der Waals surface area contributed by atoms with Crippen LogP contribution >= 0.6 is 0 Å². The van der Waals surface area contributed by atoms with E-state index in [1.165, 1.54) is 7.11 Å². The molecule has 1 fully saturated rings. The highest BCUT2D eigenvalue weighted by atomic mass is 16.6. The van der Waals surface area contributed by atoms with Crippen molar-refractivity contribution in [3.05, 3.63) is 17.5 Å². The van der Waals surface area contributed by atoms with Gasteiger partial charge in [0.1, 0.15) is 5.60 Å². The zero-order chi connectivity index (χ0) is 18.1. The van der Waals surface area contributed by atoms with Crippen LogP contribution in [0.2, 0.25) is 0 Å². The van der Waals surface area contributed by atoms with Gasteiger partial charge < -0.3 is 14.4 Å². The average molecular weight is 335 g/mol. The lowest BCUT2D eigenvalue weighted by Gasteiger charge is -2.28. The molecule has 1 atom stereocenters. The normalized spacial score (nSPS) is 20.8. The van der Waals surface area contributed by atoms with Crippen molar-refractivity contribution in [3.63, 3.8) is 0 Å². The van der Waals surface area contributed by atoms with Gasteiger partial charge in [0.2, 0.25) is 5.95 Å². The molecule has 7 nitrogen and oxygen atoms in total. The summed E-state index contributed by atoms with van der Waals surface area (Å²) in [5.74, 6) is -0.295. The third kappa shape index (κ3) is 4.01. The van der Waals surface area contributed by atoms with E-state index in [1.807, 2.05) is 32.6 Å². The number of nitrogens with zero attached hydrogens (tertiary/aromatic N) is 3. The number of hydrogen-bond donors (Lipinski definition) is 0. The number of anilines is 1. The van der Waals surface area contributed by atoms with Crippen LogP contribution in [0.1, 0.15) is 50.3 Å². The van der Waals surface area contributed by atoms with Gasteiger partial charge in [-0.2, -0.15) is 0 Å². The number of ether oxygens (including phenoxy) is 2. The summed E-state index contributed by atoms with van der Waals surface area (Å²) >= 11 is 0. The van der Waals surface area contributed by atoms with Crippen LogP contribution in [-0.2, 0) is 14.3 Å². The number of carbonyl (C=O) groups is 2. The van der Waals surface area contributed by atoms with Crippen LogP contribution in [0, 0.1) is 12.3 Å². The van der Waals surface area contributed by atoms with Gasteiger partial charge in [-0.15, -0.1) is 0 Å². The minimum absolute atomic E-state index is 0.214. The van der Waals surface area contributed by atoms with Gasteiger partial charge in [-0.25, -0.2) is 14.8 Å². The Morgan fingerprint density at radius 1 is 1.29 bits per heavy atom. The van der Waals surface area contributed by atoms with Gasteiger partial charge in [-0.3, -0.25) is 4.79 Å². The predicted molar refractivity (Wildman–Crippen MR) is 88.9 cm³/mol. The van der Waals surface area contributed by atoms with Crippen molar-refractivity contribution in [2.24, 2.45) is 5.41 Å². The van der Waals surface area contributed by atoms with E-state index in [0.29, 0.717) is 31.2 Å². The largest absolute Gasteiger partial charge is 0.464 e. The standard InChI is InChI=1S/C17H25N3O4/c1-11-9-12(13(21)23-6)19-15(18-11)20-8-7-17(5,10-20)14(22)24-16(2,3)4/h9H,7-8,10H2,1-6H3. The quantitative estimate of drug-likeness (QED) is 0.783. The number of esters is 2. The summed E-state index contributed by atoms with van der Waals surface area (Å²) in [5.41, 5.74) is -0.255. The fourth-order valence-electron chi connectivity index (χ4n) is 2.60. The monoisotopic (exact) mass is 335 g/mol.